The molecule has 1 unspecified atom stereocenters. The van der Waals surface area contributed by atoms with Gasteiger partial charge in [-0.25, -0.2) is 0 Å². The molecule has 2 aromatic heterocycles. The lowest BCUT2D eigenvalue weighted by atomic mass is 10.1. The Kier molecular flexibility index (Phi) is 3.73. The molecular formula is C14H16N4O2. The van der Waals surface area contributed by atoms with Crippen molar-refractivity contribution in [3.05, 3.63) is 48.0 Å². The third-order valence-corrected chi connectivity index (χ3v) is 3.41. The number of aromatic nitrogens is 3. The molecule has 1 saturated heterocycles. The maximum atomic E-state index is 12.5. The zero-order valence-corrected chi connectivity index (χ0v) is 11.0. The summed E-state index contributed by atoms with van der Waals surface area (Å²) in [5, 5.41) is 6.87. The van der Waals surface area contributed by atoms with Crippen molar-refractivity contribution < 1.29 is 9.53 Å². The Balaban J connectivity index is 1.74. The fraction of sp³-hybridized carbons (Fsp3) is 0.357. The number of aromatic amines is 1. The van der Waals surface area contributed by atoms with E-state index in [4.69, 9.17) is 4.74 Å². The van der Waals surface area contributed by atoms with Crippen molar-refractivity contribution in [2.75, 3.05) is 19.8 Å². The topological polar surface area (TPSA) is 71.1 Å². The molecule has 1 aliphatic rings. The summed E-state index contributed by atoms with van der Waals surface area (Å²) >= 11 is 0. The molecule has 6 heteroatoms. The van der Waals surface area contributed by atoms with Gasteiger partial charge in [0.25, 0.3) is 0 Å². The summed E-state index contributed by atoms with van der Waals surface area (Å²) in [4.78, 5) is 18.4. The van der Waals surface area contributed by atoms with Gasteiger partial charge in [0, 0.05) is 25.1 Å². The second-order valence-electron chi connectivity index (χ2n) is 4.73. The van der Waals surface area contributed by atoms with Gasteiger partial charge < -0.3 is 9.64 Å². The number of amides is 1. The van der Waals surface area contributed by atoms with Crippen LogP contribution >= 0.6 is 0 Å². The number of nitrogens with zero attached hydrogens (tertiary/aromatic N) is 3. The zero-order chi connectivity index (χ0) is 13.8. The van der Waals surface area contributed by atoms with E-state index in [0.29, 0.717) is 26.2 Å². The first-order chi connectivity index (χ1) is 9.84. The Morgan fingerprint density at radius 1 is 1.45 bits per heavy atom. The van der Waals surface area contributed by atoms with E-state index in [1.165, 1.54) is 0 Å². The molecule has 6 nitrogen and oxygen atoms in total. The number of carbonyl (C=O) groups excluding carboxylic acids is 1. The molecule has 3 rings (SSSR count). The van der Waals surface area contributed by atoms with Gasteiger partial charge in [-0.05, 0) is 17.7 Å². The standard InChI is InChI=1S/C14H16N4O2/c19-14(8-11-2-1-4-15-9-11)18-6-7-20-10-13(18)12-3-5-16-17-12/h1-5,9,13H,6-8,10H2,(H,16,17). The van der Waals surface area contributed by atoms with E-state index in [1.807, 2.05) is 23.1 Å². The first-order valence-electron chi connectivity index (χ1n) is 6.60. The van der Waals surface area contributed by atoms with E-state index in [-0.39, 0.29) is 11.9 Å². The van der Waals surface area contributed by atoms with Crippen LogP contribution in [0.2, 0.25) is 0 Å². The molecule has 1 fully saturated rings. The third kappa shape index (κ3) is 2.70. The van der Waals surface area contributed by atoms with Crippen LogP contribution < -0.4 is 0 Å². The molecule has 1 amide bonds. The second-order valence-corrected chi connectivity index (χ2v) is 4.73. The Morgan fingerprint density at radius 3 is 3.15 bits per heavy atom. The number of H-pyrrole nitrogens is 1. The van der Waals surface area contributed by atoms with Gasteiger partial charge in [0.1, 0.15) is 0 Å². The summed E-state index contributed by atoms with van der Waals surface area (Å²) in [6, 6.07) is 5.55. The summed E-state index contributed by atoms with van der Waals surface area (Å²) in [6.45, 7) is 1.67. The van der Waals surface area contributed by atoms with Gasteiger partial charge in [-0.1, -0.05) is 6.07 Å². The minimum absolute atomic E-state index is 0.0842. The van der Waals surface area contributed by atoms with E-state index in [0.717, 1.165) is 11.3 Å². The number of rotatable bonds is 3. The highest BCUT2D eigenvalue weighted by Crippen LogP contribution is 2.23. The van der Waals surface area contributed by atoms with Crippen LogP contribution in [0.5, 0.6) is 0 Å². The Bertz CT molecular complexity index is 556. The maximum Gasteiger partial charge on any atom is 0.227 e. The zero-order valence-electron chi connectivity index (χ0n) is 11.0. The molecule has 3 heterocycles. The second kappa shape index (κ2) is 5.83. The maximum absolute atomic E-state index is 12.5. The first-order valence-corrected chi connectivity index (χ1v) is 6.60. The summed E-state index contributed by atoms with van der Waals surface area (Å²) in [5.41, 5.74) is 1.83. The molecule has 1 atom stereocenters. The molecule has 0 spiro atoms. The molecule has 2 aromatic rings. The summed E-state index contributed by atoms with van der Waals surface area (Å²) < 4.78 is 5.48. The number of carbonyl (C=O) groups is 1. The highest BCUT2D eigenvalue weighted by Gasteiger charge is 2.29. The Hall–Kier alpha value is -2.21. The number of ether oxygens (including phenoxy) is 1. The van der Waals surface area contributed by atoms with Crippen LogP contribution in [0.15, 0.2) is 36.8 Å². The van der Waals surface area contributed by atoms with Crippen molar-refractivity contribution in [3.8, 4) is 0 Å². The summed E-state index contributed by atoms with van der Waals surface area (Å²) in [7, 11) is 0. The molecule has 0 aliphatic carbocycles. The van der Waals surface area contributed by atoms with Crippen molar-refractivity contribution in [2.24, 2.45) is 0 Å². The van der Waals surface area contributed by atoms with Crippen LogP contribution in [0.1, 0.15) is 17.3 Å². The lowest BCUT2D eigenvalue weighted by molar-refractivity contribution is -0.139. The van der Waals surface area contributed by atoms with Gasteiger partial charge >= 0.3 is 0 Å². The molecule has 104 valence electrons. The monoisotopic (exact) mass is 272 g/mol. The summed E-state index contributed by atoms with van der Waals surface area (Å²) in [5.74, 6) is 0.0842. The van der Waals surface area contributed by atoms with Crippen LogP contribution in [-0.2, 0) is 16.0 Å². The largest absolute Gasteiger partial charge is 0.377 e. The van der Waals surface area contributed by atoms with Gasteiger partial charge in [0.15, 0.2) is 0 Å². The van der Waals surface area contributed by atoms with Crippen molar-refractivity contribution in [2.45, 2.75) is 12.5 Å². The molecule has 0 bridgehead atoms. The minimum Gasteiger partial charge on any atom is -0.377 e. The van der Waals surface area contributed by atoms with Crippen LogP contribution in [0, 0.1) is 0 Å². The Morgan fingerprint density at radius 2 is 2.40 bits per heavy atom. The molecule has 1 N–H and O–H groups in total. The van der Waals surface area contributed by atoms with Crippen molar-refractivity contribution in [3.63, 3.8) is 0 Å². The normalized spacial score (nSPS) is 19.0. The predicted octanol–water partition coefficient (Wildman–Crippen LogP) is 0.947. The number of morpholine rings is 1. The lowest BCUT2D eigenvalue weighted by Gasteiger charge is -2.35. The highest BCUT2D eigenvalue weighted by molar-refractivity contribution is 5.79. The molecule has 20 heavy (non-hydrogen) atoms. The summed E-state index contributed by atoms with van der Waals surface area (Å²) in [6.07, 6.45) is 5.48. The third-order valence-electron chi connectivity index (χ3n) is 3.41. The number of hydrogen-bond donors (Lipinski definition) is 1. The van der Waals surface area contributed by atoms with Gasteiger partial charge in [-0.15, -0.1) is 0 Å². The number of hydrogen-bond acceptors (Lipinski definition) is 4. The van der Waals surface area contributed by atoms with E-state index >= 15 is 0 Å². The molecular weight excluding hydrogens is 256 g/mol. The van der Waals surface area contributed by atoms with Gasteiger partial charge in [0.05, 0.1) is 31.4 Å². The van der Waals surface area contributed by atoms with Crippen LogP contribution in [0.4, 0.5) is 0 Å². The van der Waals surface area contributed by atoms with Crippen molar-refractivity contribution in [1.29, 1.82) is 0 Å². The molecule has 0 radical (unpaired) electrons. The highest BCUT2D eigenvalue weighted by atomic mass is 16.5. The van der Waals surface area contributed by atoms with Gasteiger partial charge in [-0.2, -0.15) is 5.10 Å². The number of nitrogens with one attached hydrogen (secondary N) is 1. The fourth-order valence-electron chi connectivity index (χ4n) is 2.39. The predicted molar refractivity (Wildman–Crippen MR) is 71.8 cm³/mol. The number of pyridine rings is 1. The molecule has 0 saturated carbocycles. The average Bonchev–Trinajstić information content (AvgIpc) is 3.02. The van der Waals surface area contributed by atoms with Crippen molar-refractivity contribution in [1.82, 2.24) is 20.1 Å². The average molecular weight is 272 g/mol. The van der Waals surface area contributed by atoms with E-state index in [9.17, 15) is 4.79 Å². The van der Waals surface area contributed by atoms with Crippen molar-refractivity contribution >= 4 is 5.91 Å². The van der Waals surface area contributed by atoms with E-state index < -0.39 is 0 Å². The lowest BCUT2D eigenvalue weighted by Crippen LogP contribution is -2.44. The van der Waals surface area contributed by atoms with Crippen LogP contribution in [-0.4, -0.2) is 45.7 Å². The molecule has 1 aliphatic heterocycles. The Labute approximate surface area is 116 Å². The SMILES string of the molecule is O=C(Cc1cccnc1)N1CCOCC1c1ccn[nH]1. The van der Waals surface area contributed by atoms with Crippen LogP contribution in [0.3, 0.4) is 0 Å². The van der Waals surface area contributed by atoms with E-state index in [1.54, 1.807) is 18.6 Å². The minimum atomic E-state index is -0.0876. The van der Waals surface area contributed by atoms with Gasteiger partial charge in [-0.3, -0.25) is 14.9 Å². The fourth-order valence-corrected chi connectivity index (χ4v) is 2.39. The first kappa shape index (κ1) is 12.8. The molecule has 0 aromatic carbocycles. The quantitative estimate of drug-likeness (QED) is 0.903. The van der Waals surface area contributed by atoms with Crippen LogP contribution in [0.25, 0.3) is 0 Å². The van der Waals surface area contributed by atoms with E-state index in [2.05, 4.69) is 15.2 Å². The smallest absolute Gasteiger partial charge is 0.227 e. The van der Waals surface area contributed by atoms with Gasteiger partial charge in [0.2, 0.25) is 5.91 Å².